The molecular weight excluding hydrogens is 391 g/mol. The lowest BCUT2D eigenvalue weighted by atomic mass is 10.1. The predicted octanol–water partition coefficient (Wildman–Crippen LogP) is 4.87. The van der Waals surface area contributed by atoms with Crippen molar-refractivity contribution in [1.82, 2.24) is 4.98 Å². The molecule has 0 N–H and O–H groups in total. The molecular formula is C22H23FN2O3S. The Morgan fingerprint density at radius 3 is 2.28 bits per heavy atom. The SMILES string of the molecule is CCc1ccc(S(=O)(=O)c2nc(-c3ccc(F)cc3)oc2N2CCCCC2)cc1. The smallest absolute Gasteiger partial charge is 0.236 e. The molecule has 3 aromatic rings. The van der Waals surface area contributed by atoms with Crippen LogP contribution < -0.4 is 4.90 Å². The molecule has 1 aromatic heterocycles. The van der Waals surface area contributed by atoms with E-state index >= 15 is 0 Å². The molecule has 0 saturated carbocycles. The standard InChI is InChI=1S/C22H23FN2O3S/c1-2-16-6-12-19(13-7-16)29(26,27)21-22(25-14-4-3-5-15-25)28-20(24-21)17-8-10-18(23)11-9-17/h6-13H,2-5,14-15H2,1H3. The van der Waals surface area contributed by atoms with Crippen LogP contribution in [0.3, 0.4) is 0 Å². The van der Waals surface area contributed by atoms with Gasteiger partial charge in [0.2, 0.25) is 26.6 Å². The quantitative estimate of drug-likeness (QED) is 0.596. The Labute approximate surface area is 170 Å². The van der Waals surface area contributed by atoms with E-state index in [0.717, 1.165) is 44.3 Å². The fraction of sp³-hybridized carbons (Fsp3) is 0.318. The van der Waals surface area contributed by atoms with Crippen molar-refractivity contribution in [3.05, 3.63) is 59.9 Å². The molecule has 0 bridgehead atoms. The highest BCUT2D eigenvalue weighted by molar-refractivity contribution is 7.91. The average molecular weight is 415 g/mol. The van der Waals surface area contributed by atoms with E-state index in [2.05, 4.69) is 4.98 Å². The maximum Gasteiger partial charge on any atom is 0.236 e. The van der Waals surface area contributed by atoms with Crippen LogP contribution in [0.2, 0.25) is 0 Å². The Bertz CT molecular complexity index is 1080. The number of oxazole rings is 1. The van der Waals surface area contributed by atoms with Crippen LogP contribution in [0.4, 0.5) is 10.3 Å². The van der Waals surface area contributed by atoms with Crippen LogP contribution in [0.1, 0.15) is 31.7 Å². The van der Waals surface area contributed by atoms with Crippen LogP contribution in [0.5, 0.6) is 0 Å². The highest BCUT2D eigenvalue weighted by atomic mass is 32.2. The molecule has 0 unspecified atom stereocenters. The Morgan fingerprint density at radius 2 is 1.66 bits per heavy atom. The lowest BCUT2D eigenvalue weighted by molar-refractivity contribution is 0.499. The highest BCUT2D eigenvalue weighted by Gasteiger charge is 2.32. The lowest BCUT2D eigenvalue weighted by Crippen LogP contribution is -2.30. The van der Waals surface area contributed by atoms with E-state index in [9.17, 15) is 12.8 Å². The van der Waals surface area contributed by atoms with Gasteiger partial charge in [-0.2, -0.15) is 4.98 Å². The van der Waals surface area contributed by atoms with E-state index in [1.165, 1.54) is 24.3 Å². The number of benzene rings is 2. The number of aryl methyl sites for hydroxylation is 1. The van der Waals surface area contributed by atoms with Gasteiger partial charge in [-0.05, 0) is 67.6 Å². The van der Waals surface area contributed by atoms with Gasteiger partial charge in [0.25, 0.3) is 0 Å². The van der Waals surface area contributed by atoms with Gasteiger partial charge in [-0.25, -0.2) is 12.8 Å². The van der Waals surface area contributed by atoms with Gasteiger partial charge in [0.15, 0.2) is 0 Å². The highest BCUT2D eigenvalue weighted by Crippen LogP contribution is 2.36. The van der Waals surface area contributed by atoms with Crippen LogP contribution in [-0.4, -0.2) is 26.5 Å². The van der Waals surface area contributed by atoms with E-state index < -0.39 is 9.84 Å². The Balaban J connectivity index is 1.82. The molecule has 2 heterocycles. The Kier molecular flexibility index (Phi) is 5.41. The summed E-state index contributed by atoms with van der Waals surface area (Å²) >= 11 is 0. The summed E-state index contributed by atoms with van der Waals surface area (Å²) in [4.78, 5) is 6.49. The Hall–Kier alpha value is -2.67. The second-order valence-corrected chi connectivity index (χ2v) is 9.05. The van der Waals surface area contributed by atoms with Crippen LogP contribution >= 0.6 is 0 Å². The summed E-state index contributed by atoms with van der Waals surface area (Å²) in [5.41, 5.74) is 1.60. The number of aromatic nitrogens is 1. The summed E-state index contributed by atoms with van der Waals surface area (Å²) in [5, 5.41) is -0.0806. The first-order valence-corrected chi connectivity index (χ1v) is 11.3. The molecule has 1 fully saturated rings. The number of anilines is 1. The number of piperidine rings is 1. The van der Waals surface area contributed by atoms with Gasteiger partial charge >= 0.3 is 0 Å². The maximum atomic E-state index is 13.4. The van der Waals surface area contributed by atoms with Crippen LogP contribution in [0, 0.1) is 5.82 Å². The molecule has 0 spiro atoms. The number of rotatable bonds is 5. The number of nitrogens with zero attached hydrogens (tertiary/aromatic N) is 2. The van der Waals surface area contributed by atoms with Gasteiger partial charge in [0.1, 0.15) is 5.82 Å². The largest absolute Gasteiger partial charge is 0.419 e. The summed E-state index contributed by atoms with van der Waals surface area (Å²) < 4.78 is 46.0. The molecule has 7 heteroatoms. The number of hydrogen-bond acceptors (Lipinski definition) is 5. The fourth-order valence-electron chi connectivity index (χ4n) is 3.50. The van der Waals surface area contributed by atoms with Crippen molar-refractivity contribution in [3.8, 4) is 11.5 Å². The fourth-order valence-corrected chi connectivity index (χ4v) is 4.82. The molecule has 0 amide bonds. The molecule has 4 rings (SSSR count). The molecule has 29 heavy (non-hydrogen) atoms. The van der Waals surface area contributed by atoms with Crippen molar-refractivity contribution in [2.45, 2.75) is 42.5 Å². The third kappa shape index (κ3) is 3.92. The summed E-state index contributed by atoms with van der Waals surface area (Å²) in [7, 11) is -3.86. The zero-order chi connectivity index (χ0) is 20.4. The third-order valence-electron chi connectivity index (χ3n) is 5.21. The van der Waals surface area contributed by atoms with E-state index in [4.69, 9.17) is 4.42 Å². The molecule has 0 radical (unpaired) electrons. The van der Waals surface area contributed by atoms with Gasteiger partial charge < -0.3 is 9.32 Å². The first-order valence-electron chi connectivity index (χ1n) is 9.85. The van der Waals surface area contributed by atoms with Crippen molar-refractivity contribution in [1.29, 1.82) is 0 Å². The zero-order valence-corrected chi connectivity index (χ0v) is 17.1. The van der Waals surface area contributed by atoms with Crippen LogP contribution in [0.25, 0.3) is 11.5 Å². The average Bonchev–Trinajstić information content (AvgIpc) is 3.21. The summed E-state index contributed by atoms with van der Waals surface area (Å²) in [5.74, 6) is 0.0679. The van der Waals surface area contributed by atoms with Crippen LogP contribution in [-0.2, 0) is 16.3 Å². The van der Waals surface area contributed by atoms with Crippen molar-refractivity contribution in [2.24, 2.45) is 0 Å². The van der Waals surface area contributed by atoms with Gasteiger partial charge in [-0.1, -0.05) is 19.1 Å². The second kappa shape index (κ2) is 7.99. The molecule has 0 aliphatic carbocycles. The van der Waals surface area contributed by atoms with Crippen LogP contribution in [0.15, 0.2) is 62.9 Å². The summed E-state index contributed by atoms with van der Waals surface area (Å²) in [6, 6.07) is 12.5. The van der Waals surface area contributed by atoms with Crippen molar-refractivity contribution < 1.29 is 17.2 Å². The molecule has 1 aliphatic heterocycles. The van der Waals surface area contributed by atoms with E-state index in [1.54, 1.807) is 12.1 Å². The second-order valence-electron chi connectivity index (χ2n) is 7.18. The molecule has 152 valence electrons. The number of halogens is 1. The summed E-state index contributed by atoms with van der Waals surface area (Å²) in [6.45, 7) is 3.45. The monoisotopic (exact) mass is 414 g/mol. The van der Waals surface area contributed by atoms with E-state index in [1.807, 2.05) is 24.0 Å². The topological polar surface area (TPSA) is 63.4 Å². The van der Waals surface area contributed by atoms with Gasteiger partial charge in [-0.3, -0.25) is 0 Å². The molecule has 5 nitrogen and oxygen atoms in total. The van der Waals surface area contributed by atoms with Gasteiger partial charge in [0, 0.05) is 18.7 Å². The number of hydrogen-bond donors (Lipinski definition) is 0. The first-order chi connectivity index (χ1) is 14.0. The van der Waals surface area contributed by atoms with Gasteiger partial charge in [0.05, 0.1) is 4.90 Å². The molecule has 1 aliphatic rings. The minimum Gasteiger partial charge on any atom is -0.419 e. The number of sulfone groups is 1. The minimum atomic E-state index is -3.86. The van der Waals surface area contributed by atoms with Crippen molar-refractivity contribution in [3.63, 3.8) is 0 Å². The Morgan fingerprint density at radius 1 is 1.00 bits per heavy atom. The summed E-state index contributed by atoms with van der Waals surface area (Å²) in [6.07, 6.45) is 3.88. The molecule has 2 aromatic carbocycles. The van der Waals surface area contributed by atoms with E-state index in [-0.39, 0.29) is 27.5 Å². The molecule has 1 saturated heterocycles. The molecule has 0 atom stereocenters. The van der Waals surface area contributed by atoms with Gasteiger partial charge in [-0.15, -0.1) is 0 Å². The van der Waals surface area contributed by atoms with Crippen molar-refractivity contribution >= 4 is 15.7 Å². The predicted molar refractivity (Wildman–Crippen MR) is 109 cm³/mol. The first kappa shape index (κ1) is 19.6. The van der Waals surface area contributed by atoms with E-state index in [0.29, 0.717) is 5.56 Å². The minimum absolute atomic E-state index is 0.0806. The normalized spacial score (nSPS) is 14.9. The lowest BCUT2D eigenvalue weighted by Gasteiger charge is -2.26. The van der Waals surface area contributed by atoms with Crippen molar-refractivity contribution in [2.75, 3.05) is 18.0 Å². The maximum absolute atomic E-state index is 13.4. The third-order valence-corrected chi connectivity index (χ3v) is 6.88. The zero-order valence-electron chi connectivity index (χ0n) is 16.3.